The number of hydrogen-bond donors (Lipinski definition) is 1. The molecule has 2 N–H and O–H groups in total. The molecule has 1 saturated heterocycles. The normalized spacial score (nSPS) is 18.0. The van der Waals surface area contributed by atoms with Gasteiger partial charge in [-0.2, -0.15) is 0 Å². The lowest BCUT2D eigenvalue weighted by Gasteiger charge is -2.16. The number of nitrogens with zero attached hydrogens (tertiary/aromatic N) is 1. The minimum Gasteiger partial charge on any atom is -0.491 e. The molecule has 0 radical (unpaired) electrons. The third-order valence-electron chi connectivity index (χ3n) is 4.34. The van der Waals surface area contributed by atoms with Crippen LogP contribution in [0.1, 0.15) is 17.5 Å². The summed E-state index contributed by atoms with van der Waals surface area (Å²) in [6.07, 6.45) is 1.41. The molecular formula is C20H26N2O2. The number of benzene rings is 2. The fourth-order valence-electron chi connectivity index (χ4n) is 3.01. The summed E-state index contributed by atoms with van der Waals surface area (Å²) in [5.41, 5.74) is 8.06. The van der Waals surface area contributed by atoms with Crippen LogP contribution in [0.2, 0.25) is 0 Å². The summed E-state index contributed by atoms with van der Waals surface area (Å²) < 4.78 is 11.7. The molecule has 4 nitrogen and oxygen atoms in total. The number of rotatable bonds is 8. The second-order valence-electron chi connectivity index (χ2n) is 6.20. The third-order valence-corrected chi connectivity index (χ3v) is 4.34. The molecule has 1 atom stereocenters. The molecule has 2 aromatic carbocycles. The van der Waals surface area contributed by atoms with Gasteiger partial charge in [0.15, 0.2) is 0 Å². The first-order valence-electron chi connectivity index (χ1n) is 8.63. The molecule has 0 spiro atoms. The van der Waals surface area contributed by atoms with Gasteiger partial charge in [0.2, 0.25) is 0 Å². The van der Waals surface area contributed by atoms with E-state index >= 15 is 0 Å². The van der Waals surface area contributed by atoms with Crippen molar-refractivity contribution in [2.45, 2.75) is 25.6 Å². The van der Waals surface area contributed by atoms with Crippen LogP contribution in [-0.2, 0) is 17.8 Å². The van der Waals surface area contributed by atoms with Crippen LogP contribution in [0.25, 0.3) is 0 Å². The molecule has 1 unspecified atom stereocenters. The Kier molecular flexibility index (Phi) is 6.24. The van der Waals surface area contributed by atoms with Gasteiger partial charge in [-0.25, -0.2) is 0 Å². The number of ether oxygens (including phenoxy) is 2. The number of likely N-dealkylation sites (tertiary alicyclic amines) is 1. The number of nitrogens with two attached hydrogens (primary N) is 1. The molecule has 1 aliphatic rings. The van der Waals surface area contributed by atoms with Gasteiger partial charge in [0.25, 0.3) is 0 Å². The molecule has 2 aromatic rings. The molecule has 0 saturated carbocycles. The summed E-state index contributed by atoms with van der Waals surface area (Å²) in [4.78, 5) is 2.45. The fraction of sp³-hybridized carbons (Fsp3) is 0.400. The van der Waals surface area contributed by atoms with E-state index in [1.165, 1.54) is 5.56 Å². The summed E-state index contributed by atoms with van der Waals surface area (Å²) in [5, 5.41) is 0. The van der Waals surface area contributed by atoms with E-state index in [0.717, 1.165) is 37.4 Å². The van der Waals surface area contributed by atoms with Gasteiger partial charge in [-0.05, 0) is 29.7 Å². The Morgan fingerprint density at radius 2 is 1.75 bits per heavy atom. The van der Waals surface area contributed by atoms with E-state index in [1.54, 1.807) is 0 Å². The molecule has 0 bridgehead atoms. The standard InChI is InChI=1S/C20H26N2O2/c21-14-17-6-8-19(9-7-17)23-12-13-24-20-10-11-22(16-20)15-18-4-2-1-3-5-18/h1-9,20H,10-16,21H2. The van der Waals surface area contributed by atoms with Crippen LogP contribution in [0.5, 0.6) is 5.75 Å². The molecule has 1 fully saturated rings. The van der Waals surface area contributed by atoms with Crippen molar-refractivity contribution in [1.82, 2.24) is 4.90 Å². The smallest absolute Gasteiger partial charge is 0.119 e. The van der Waals surface area contributed by atoms with E-state index in [4.69, 9.17) is 15.2 Å². The highest BCUT2D eigenvalue weighted by Crippen LogP contribution is 2.16. The van der Waals surface area contributed by atoms with Crippen LogP contribution in [0.4, 0.5) is 0 Å². The maximum atomic E-state index is 5.95. The Labute approximate surface area is 144 Å². The first-order valence-corrected chi connectivity index (χ1v) is 8.63. The summed E-state index contributed by atoms with van der Waals surface area (Å²) >= 11 is 0. The lowest BCUT2D eigenvalue weighted by atomic mass is 10.2. The lowest BCUT2D eigenvalue weighted by molar-refractivity contribution is 0.0388. The van der Waals surface area contributed by atoms with Crippen LogP contribution in [0, 0.1) is 0 Å². The van der Waals surface area contributed by atoms with Gasteiger partial charge >= 0.3 is 0 Å². The molecule has 4 heteroatoms. The first-order chi connectivity index (χ1) is 11.8. The summed E-state index contributed by atoms with van der Waals surface area (Å²) in [7, 11) is 0. The highest BCUT2D eigenvalue weighted by Gasteiger charge is 2.22. The average Bonchev–Trinajstić information content (AvgIpc) is 3.07. The topological polar surface area (TPSA) is 47.7 Å². The van der Waals surface area contributed by atoms with Crippen LogP contribution in [0.3, 0.4) is 0 Å². The van der Waals surface area contributed by atoms with Gasteiger partial charge in [-0.3, -0.25) is 4.90 Å². The molecule has 0 aliphatic carbocycles. The Balaban J connectivity index is 1.32. The summed E-state index contributed by atoms with van der Waals surface area (Å²) in [6, 6.07) is 18.5. The van der Waals surface area contributed by atoms with Crippen molar-refractivity contribution in [3.05, 3.63) is 65.7 Å². The van der Waals surface area contributed by atoms with Gasteiger partial charge in [-0.15, -0.1) is 0 Å². The van der Waals surface area contributed by atoms with Crippen molar-refractivity contribution in [2.75, 3.05) is 26.3 Å². The number of hydrogen-bond acceptors (Lipinski definition) is 4. The molecule has 3 rings (SSSR count). The van der Waals surface area contributed by atoms with Gasteiger partial charge in [0.05, 0.1) is 12.7 Å². The van der Waals surface area contributed by atoms with Crippen molar-refractivity contribution in [2.24, 2.45) is 5.73 Å². The molecule has 24 heavy (non-hydrogen) atoms. The lowest BCUT2D eigenvalue weighted by Crippen LogP contribution is -2.24. The van der Waals surface area contributed by atoms with Crippen LogP contribution in [0.15, 0.2) is 54.6 Å². The van der Waals surface area contributed by atoms with E-state index in [1.807, 2.05) is 24.3 Å². The Morgan fingerprint density at radius 1 is 0.958 bits per heavy atom. The first kappa shape index (κ1) is 17.0. The molecule has 0 amide bonds. The van der Waals surface area contributed by atoms with Crippen molar-refractivity contribution in [3.63, 3.8) is 0 Å². The van der Waals surface area contributed by atoms with E-state index in [-0.39, 0.29) is 0 Å². The maximum Gasteiger partial charge on any atom is 0.119 e. The third kappa shape index (κ3) is 5.06. The molecule has 128 valence electrons. The van der Waals surface area contributed by atoms with Crippen molar-refractivity contribution < 1.29 is 9.47 Å². The van der Waals surface area contributed by atoms with Gasteiger partial charge in [0.1, 0.15) is 12.4 Å². The van der Waals surface area contributed by atoms with Gasteiger partial charge in [-0.1, -0.05) is 42.5 Å². The van der Waals surface area contributed by atoms with Crippen LogP contribution < -0.4 is 10.5 Å². The van der Waals surface area contributed by atoms with Gasteiger partial charge in [0, 0.05) is 26.2 Å². The van der Waals surface area contributed by atoms with Crippen molar-refractivity contribution >= 4 is 0 Å². The van der Waals surface area contributed by atoms with E-state index in [9.17, 15) is 0 Å². The second-order valence-corrected chi connectivity index (χ2v) is 6.20. The second kappa shape index (κ2) is 8.83. The zero-order chi connectivity index (χ0) is 16.6. The Bertz CT molecular complexity index is 601. The summed E-state index contributed by atoms with van der Waals surface area (Å²) in [6.45, 7) is 4.87. The van der Waals surface area contributed by atoms with Gasteiger partial charge < -0.3 is 15.2 Å². The largest absolute Gasteiger partial charge is 0.491 e. The van der Waals surface area contributed by atoms with Crippen molar-refractivity contribution in [1.29, 1.82) is 0 Å². The van der Waals surface area contributed by atoms with Crippen LogP contribution in [-0.4, -0.2) is 37.3 Å². The fourth-order valence-corrected chi connectivity index (χ4v) is 3.01. The molecule has 0 aromatic heterocycles. The minimum atomic E-state index is 0.317. The minimum absolute atomic E-state index is 0.317. The average molecular weight is 326 g/mol. The monoisotopic (exact) mass is 326 g/mol. The predicted octanol–water partition coefficient (Wildman–Crippen LogP) is 2.82. The maximum absolute atomic E-state index is 5.95. The molecular weight excluding hydrogens is 300 g/mol. The van der Waals surface area contributed by atoms with Crippen molar-refractivity contribution in [3.8, 4) is 5.75 Å². The van der Waals surface area contributed by atoms with E-state index < -0.39 is 0 Å². The Hall–Kier alpha value is -1.88. The SMILES string of the molecule is NCc1ccc(OCCOC2CCN(Cc3ccccc3)C2)cc1. The quantitative estimate of drug-likeness (QED) is 0.758. The predicted molar refractivity (Wildman–Crippen MR) is 95.9 cm³/mol. The highest BCUT2D eigenvalue weighted by molar-refractivity contribution is 5.27. The zero-order valence-electron chi connectivity index (χ0n) is 14.1. The zero-order valence-corrected chi connectivity index (χ0v) is 14.1. The Morgan fingerprint density at radius 3 is 2.50 bits per heavy atom. The van der Waals surface area contributed by atoms with Crippen LogP contribution >= 0.6 is 0 Å². The van der Waals surface area contributed by atoms with E-state index in [2.05, 4.69) is 35.2 Å². The molecule has 1 aliphatic heterocycles. The molecule has 1 heterocycles. The summed E-state index contributed by atoms with van der Waals surface area (Å²) in [5.74, 6) is 0.868. The highest BCUT2D eigenvalue weighted by atomic mass is 16.5. The van der Waals surface area contributed by atoms with E-state index in [0.29, 0.717) is 25.9 Å².